The summed E-state index contributed by atoms with van der Waals surface area (Å²) in [6.07, 6.45) is 12.3. The van der Waals surface area contributed by atoms with E-state index in [1.807, 2.05) is 26.8 Å². The number of nitrogens with one attached hydrogen (secondary N) is 2. The molecule has 0 saturated carbocycles. The van der Waals surface area contributed by atoms with Crippen LogP contribution in [0.3, 0.4) is 0 Å². The first-order valence-corrected chi connectivity index (χ1v) is 20.7. The molecule has 0 bridgehead atoms. The minimum absolute atomic E-state index is 0.0294. The van der Waals surface area contributed by atoms with Gasteiger partial charge in [0, 0.05) is 49.6 Å². The summed E-state index contributed by atoms with van der Waals surface area (Å²) in [6.45, 7) is 12.0. The number of ether oxygens (including phenoxy) is 2. The number of aliphatic imine (C=N–C) groups is 1. The normalized spacial score (nSPS) is 11.9. The smallest absolute Gasteiger partial charge is 0.295 e. The monoisotopic (exact) mass is 890 g/mol. The number of nitrogens with zero attached hydrogens (tertiary/aromatic N) is 8. The van der Waals surface area contributed by atoms with Crippen molar-refractivity contribution in [2.45, 2.75) is 67.6 Å². The zero-order valence-electron chi connectivity index (χ0n) is 37.3. The molecule has 4 aromatic heterocycles. The first-order valence-electron chi connectivity index (χ1n) is 20.7. The van der Waals surface area contributed by atoms with Crippen molar-refractivity contribution in [3.8, 4) is 11.5 Å². The van der Waals surface area contributed by atoms with E-state index in [0.29, 0.717) is 64.5 Å². The Hall–Kier alpha value is -8.23. The lowest BCUT2D eigenvalue weighted by molar-refractivity contribution is -0.110. The van der Waals surface area contributed by atoms with E-state index in [1.165, 1.54) is 37.5 Å². The number of nitrogen functional groups attached to an aromatic ring is 1. The molecule has 342 valence electrons. The van der Waals surface area contributed by atoms with Gasteiger partial charge in [-0.05, 0) is 56.7 Å². The second kappa shape index (κ2) is 21.7. The lowest BCUT2D eigenvalue weighted by atomic mass is 10.1. The largest absolute Gasteiger partial charge is 0.494 e. The fourth-order valence-corrected chi connectivity index (χ4v) is 6.56. The predicted molar refractivity (Wildman–Crippen MR) is 248 cm³/mol. The van der Waals surface area contributed by atoms with Crippen molar-refractivity contribution in [2.24, 2.45) is 22.2 Å². The first-order chi connectivity index (χ1) is 31.2. The molecular formula is C44H54N14O7. The summed E-state index contributed by atoms with van der Waals surface area (Å²) < 4.78 is 22.6. The van der Waals surface area contributed by atoms with Crippen LogP contribution in [0.1, 0.15) is 77.5 Å². The molecule has 4 heterocycles. The molecule has 65 heavy (non-hydrogen) atoms. The lowest BCUT2D eigenvalue weighted by Gasteiger charge is -2.12. The first kappa shape index (κ1) is 47.8. The number of carbonyl (C=O) groups excluding carboxylic acids is 4. The molecule has 4 amide bonds. The maximum absolute atomic E-state index is 13.7. The number of imidazole rings is 2. The van der Waals surface area contributed by atoms with Gasteiger partial charge >= 0.3 is 0 Å². The SMILES string of the molecule is CC.CCN=C(/C=C(/C)N)C(=O)Nc1nc2cc(C(N)=O)cc(OC)c2n1C/C=C/Cn1c(NC(=O)c2oc(C)nc2CC)nc2cc(C(N)=O)cc(OC/C=C/Cn3cc(N)cn3)c21. The minimum Gasteiger partial charge on any atom is -0.494 e. The molecule has 6 aromatic rings. The highest BCUT2D eigenvalue weighted by atomic mass is 16.5. The van der Waals surface area contributed by atoms with Crippen molar-refractivity contribution in [1.82, 2.24) is 33.9 Å². The zero-order valence-corrected chi connectivity index (χ0v) is 37.3. The second-order valence-electron chi connectivity index (χ2n) is 14.0. The summed E-state index contributed by atoms with van der Waals surface area (Å²) in [5, 5.41) is 9.83. The van der Waals surface area contributed by atoms with E-state index in [-0.39, 0.29) is 65.7 Å². The van der Waals surface area contributed by atoms with Crippen molar-refractivity contribution in [3.05, 3.63) is 101 Å². The van der Waals surface area contributed by atoms with Crippen LogP contribution in [0.15, 0.2) is 82.1 Å². The van der Waals surface area contributed by atoms with Crippen LogP contribution >= 0.6 is 0 Å². The number of anilines is 3. The number of amides is 4. The number of aryl methyl sites for hydroxylation is 2. The van der Waals surface area contributed by atoms with Crippen molar-refractivity contribution >= 4 is 69.0 Å². The highest BCUT2D eigenvalue weighted by molar-refractivity contribution is 6.47. The number of methoxy groups -OCH3 is 1. The predicted octanol–water partition coefficient (Wildman–Crippen LogP) is 4.66. The maximum atomic E-state index is 13.7. The molecule has 6 rings (SSSR count). The molecule has 0 aliphatic heterocycles. The zero-order chi connectivity index (χ0) is 47.4. The number of oxazole rings is 1. The molecule has 0 spiro atoms. The summed E-state index contributed by atoms with van der Waals surface area (Å²) in [7, 11) is 1.43. The van der Waals surface area contributed by atoms with Gasteiger partial charge in [0.1, 0.15) is 34.9 Å². The van der Waals surface area contributed by atoms with Crippen LogP contribution in [-0.4, -0.2) is 83.5 Å². The van der Waals surface area contributed by atoms with E-state index < -0.39 is 23.6 Å². The van der Waals surface area contributed by atoms with Crippen molar-refractivity contribution in [1.29, 1.82) is 0 Å². The van der Waals surface area contributed by atoms with Gasteiger partial charge in [-0.25, -0.2) is 15.0 Å². The summed E-state index contributed by atoms with van der Waals surface area (Å²) in [5.41, 5.74) is 26.3. The van der Waals surface area contributed by atoms with Crippen LogP contribution in [0.2, 0.25) is 0 Å². The molecule has 0 fully saturated rings. The lowest BCUT2D eigenvalue weighted by Crippen LogP contribution is -2.24. The Morgan fingerprint density at radius 1 is 0.831 bits per heavy atom. The van der Waals surface area contributed by atoms with E-state index in [1.54, 1.807) is 65.2 Å². The third-order valence-electron chi connectivity index (χ3n) is 9.31. The summed E-state index contributed by atoms with van der Waals surface area (Å²) in [4.78, 5) is 69.9. The number of hydrogen-bond acceptors (Lipinski definition) is 14. The molecule has 21 heteroatoms. The summed E-state index contributed by atoms with van der Waals surface area (Å²) in [5.74, 6) is -1.48. The minimum atomic E-state index is -0.714. The molecular weight excluding hydrogens is 837 g/mol. The average Bonchev–Trinajstić information content (AvgIpc) is 4.05. The molecule has 0 unspecified atom stereocenters. The highest BCUT2D eigenvalue weighted by Gasteiger charge is 2.24. The summed E-state index contributed by atoms with van der Waals surface area (Å²) >= 11 is 0. The second-order valence-corrected chi connectivity index (χ2v) is 14.0. The molecule has 0 radical (unpaired) electrons. The van der Waals surface area contributed by atoms with E-state index >= 15 is 0 Å². The molecule has 10 N–H and O–H groups in total. The maximum Gasteiger partial charge on any atom is 0.295 e. The Morgan fingerprint density at radius 3 is 1.95 bits per heavy atom. The van der Waals surface area contributed by atoms with Gasteiger partial charge in [0.2, 0.25) is 29.5 Å². The molecule has 0 aliphatic rings. The Kier molecular flexibility index (Phi) is 16.0. The summed E-state index contributed by atoms with van der Waals surface area (Å²) in [6, 6.07) is 5.99. The van der Waals surface area contributed by atoms with Crippen LogP contribution in [0.5, 0.6) is 11.5 Å². The number of rotatable bonds is 19. The Labute approximate surface area is 374 Å². The molecule has 2 aromatic carbocycles. The van der Waals surface area contributed by atoms with Crippen LogP contribution in [0, 0.1) is 6.92 Å². The fourth-order valence-electron chi connectivity index (χ4n) is 6.56. The quantitative estimate of drug-likeness (QED) is 0.0477. The van der Waals surface area contributed by atoms with Crippen LogP contribution in [0.25, 0.3) is 22.1 Å². The van der Waals surface area contributed by atoms with E-state index in [2.05, 4.69) is 30.7 Å². The number of hydrogen-bond donors (Lipinski definition) is 6. The van der Waals surface area contributed by atoms with Gasteiger partial charge in [0.05, 0.1) is 42.3 Å². The third-order valence-corrected chi connectivity index (χ3v) is 9.31. The third kappa shape index (κ3) is 11.4. The fraction of sp³-hybridized carbons (Fsp3) is 0.295. The van der Waals surface area contributed by atoms with E-state index in [9.17, 15) is 19.2 Å². The van der Waals surface area contributed by atoms with Gasteiger partial charge in [-0.2, -0.15) is 5.10 Å². The Balaban J connectivity index is 0.00000391. The number of carbonyl (C=O) groups is 4. The molecule has 0 atom stereocenters. The van der Waals surface area contributed by atoms with Crippen LogP contribution in [-0.2, 0) is 30.8 Å². The molecule has 0 saturated heterocycles. The number of fused-ring (bicyclic) bond motifs is 2. The molecule has 0 aliphatic carbocycles. The van der Waals surface area contributed by atoms with Gasteiger partial charge in [0.25, 0.3) is 11.8 Å². The number of allylic oxidation sites excluding steroid dienone is 4. The number of aromatic nitrogens is 7. The standard InChI is InChI=1S/C42H48N14O7.C2H6/c1-6-28-36(63-24(4)49-28)40(60)53-42-51-30-18-26(38(46)58)20-33(62-15-11-10-12-54-22-27(44)21-48-54)35(30)56(42)14-9-8-13-55-34-29(17-25(37(45)57)19-32(34)61-5)50-41(55)52-39(59)31(47-7-2)16-23(3)43;1-2/h8-11,16-22H,6-7,12-15,43-44H2,1-5H3,(H2,45,57)(H2,46,58)(H,50,52,59)(H,51,53,60);1-2H3/b9-8+,11-10+,23-16-,47-31?;. The van der Waals surface area contributed by atoms with Crippen molar-refractivity contribution in [2.75, 3.05) is 36.6 Å². The van der Waals surface area contributed by atoms with E-state index in [4.69, 9.17) is 41.8 Å². The number of nitrogens with two attached hydrogens (primary N) is 4. The van der Waals surface area contributed by atoms with Gasteiger partial charge in [-0.15, -0.1) is 0 Å². The van der Waals surface area contributed by atoms with E-state index in [0.717, 1.165) is 0 Å². The van der Waals surface area contributed by atoms with Gasteiger partial charge in [-0.1, -0.05) is 39.0 Å². The van der Waals surface area contributed by atoms with Crippen molar-refractivity contribution < 1.29 is 33.1 Å². The van der Waals surface area contributed by atoms with Gasteiger partial charge in [0.15, 0.2) is 5.89 Å². The van der Waals surface area contributed by atoms with Crippen LogP contribution < -0.4 is 43.0 Å². The topological polar surface area (TPSA) is 307 Å². The number of benzene rings is 2. The van der Waals surface area contributed by atoms with Crippen molar-refractivity contribution in [3.63, 3.8) is 0 Å². The Bertz CT molecular complexity index is 2840. The molecule has 21 nitrogen and oxygen atoms in total. The highest BCUT2D eigenvalue weighted by Crippen LogP contribution is 2.33. The Morgan fingerprint density at radius 2 is 1.42 bits per heavy atom. The van der Waals surface area contributed by atoms with Crippen LogP contribution in [0.4, 0.5) is 17.6 Å². The average molecular weight is 891 g/mol. The van der Waals surface area contributed by atoms with Gasteiger partial charge < -0.3 is 46.0 Å². The van der Waals surface area contributed by atoms with Gasteiger partial charge in [-0.3, -0.25) is 39.5 Å². The number of primary amides is 2.